The van der Waals surface area contributed by atoms with E-state index in [0.29, 0.717) is 24.7 Å². The Morgan fingerprint density at radius 2 is 1.81 bits per heavy atom. The molecule has 0 radical (unpaired) electrons. The number of ether oxygens (including phenoxy) is 3. The first-order chi connectivity index (χ1) is 12.6. The lowest BCUT2D eigenvalue weighted by atomic mass is 10.1. The molecular formula is C21H23NO4. The Hall–Kier alpha value is -2.95. The van der Waals surface area contributed by atoms with Crippen molar-refractivity contribution in [3.63, 3.8) is 0 Å². The summed E-state index contributed by atoms with van der Waals surface area (Å²) in [7, 11) is 1.76. The quantitative estimate of drug-likeness (QED) is 0.747. The number of hydrogen-bond donors (Lipinski definition) is 0. The normalized spacial score (nSPS) is 18.1. The molecule has 136 valence electrons. The van der Waals surface area contributed by atoms with E-state index in [-0.39, 0.29) is 12.0 Å². The van der Waals surface area contributed by atoms with E-state index in [1.54, 1.807) is 18.0 Å². The van der Waals surface area contributed by atoms with Gasteiger partial charge in [0.15, 0.2) is 11.5 Å². The van der Waals surface area contributed by atoms with Crippen molar-refractivity contribution in [2.45, 2.75) is 25.7 Å². The highest BCUT2D eigenvalue weighted by molar-refractivity contribution is 5.82. The number of carbonyl (C=O) groups is 1. The van der Waals surface area contributed by atoms with Gasteiger partial charge in [-0.05, 0) is 36.8 Å². The Labute approximate surface area is 153 Å². The van der Waals surface area contributed by atoms with Gasteiger partial charge >= 0.3 is 0 Å². The molecule has 2 atom stereocenters. The number of fused-ring (bicyclic) bond motifs is 1. The number of amides is 1. The maximum Gasteiger partial charge on any atom is 0.267 e. The molecule has 1 heterocycles. The van der Waals surface area contributed by atoms with Crippen molar-refractivity contribution in [3.05, 3.63) is 66.7 Å². The summed E-state index contributed by atoms with van der Waals surface area (Å²) >= 11 is 0. The van der Waals surface area contributed by atoms with E-state index in [0.717, 1.165) is 11.3 Å². The molecule has 26 heavy (non-hydrogen) atoms. The zero-order valence-corrected chi connectivity index (χ0v) is 15.1. The molecule has 0 unspecified atom stereocenters. The van der Waals surface area contributed by atoms with E-state index < -0.39 is 6.10 Å². The Morgan fingerprint density at radius 3 is 2.46 bits per heavy atom. The largest absolute Gasteiger partial charge is 0.490 e. The molecule has 0 spiro atoms. The van der Waals surface area contributed by atoms with Crippen LogP contribution >= 0.6 is 0 Å². The van der Waals surface area contributed by atoms with Crippen LogP contribution < -0.4 is 14.2 Å². The molecule has 0 saturated heterocycles. The minimum Gasteiger partial charge on any atom is -0.490 e. The Balaban J connectivity index is 1.63. The van der Waals surface area contributed by atoms with Crippen LogP contribution in [0, 0.1) is 0 Å². The fourth-order valence-corrected chi connectivity index (χ4v) is 2.81. The summed E-state index contributed by atoms with van der Waals surface area (Å²) in [6.07, 6.45) is 0.686. The van der Waals surface area contributed by atoms with Crippen LogP contribution in [0.3, 0.4) is 0 Å². The number of rotatable bonds is 6. The molecule has 2 aromatic carbocycles. The predicted octanol–water partition coefficient (Wildman–Crippen LogP) is 3.44. The highest BCUT2D eigenvalue weighted by Gasteiger charge is 2.35. The number of benzene rings is 2. The molecule has 2 aromatic rings. The zero-order chi connectivity index (χ0) is 18.5. The highest BCUT2D eigenvalue weighted by Crippen LogP contribution is 2.33. The first-order valence-electron chi connectivity index (χ1n) is 8.58. The van der Waals surface area contributed by atoms with Gasteiger partial charge in [-0.3, -0.25) is 4.79 Å². The third kappa shape index (κ3) is 3.99. The van der Waals surface area contributed by atoms with Crippen molar-refractivity contribution in [3.8, 4) is 17.2 Å². The van der Waals surface area contributed by atoms with E-state index in [4.69, 9.17) is 14.2 Å². The summed E-state index contributed by atoms with van der Waals surface area (Å²) < 4.78 is 17.2. The van der Waals surface area contributed by atoms with Crippen molar-refractivity contribution in [1.82, 2.24) is 4.90 Å². The lowest BCUT2D eigenvalue weighted by Gasteiger charge is -2.33. The molecule has 0 aliphatic carbocycles. The van der Waals surface area contributed by atoms with E-state index >= 15 is 0 Å². The van der Waals surface area contributed by atoms with Crippen molar-refractivity contribution in [1.29, 1.82) is 0 Å². The smallest absolute Gasteiger partial charge is 0.267 e. The number of likely N-dealkylation sites (N-methyl/N-ethyl adjacent to an activating group) is 1. The van der Waals surface area contributed by atoms with Gasteiger partial charge < -0.3 is 19.1 Å². The lowest BCUT2D eigenvalue weighted by molar-refractivity contribution is -0.143. The molecule has 3 rings (SSSR count). The number of nitrogens with zero attached hydrogens (tertiary/aromatic N) is 1. The molecule has 1 aliphatic rings. The van der Waals surface area contributed by atoms with Gasteiger partial charge in [-0.25, -0.2) is 0 Å². The van der Waals surface area contributed by atoms with Gasteiger partial charge in [0.25, 0.3) is 5.91 Å². The van der Waals surface area contributed by atoms with Gasteiger partial charge in [0.05, 0.1) is 0 Å². The molecule has 1 amide bonds. The molecule has 0 aromatic heterocycles. The third-order valence-electron chi connectivity index (χ3n) is 4.17. The second-order valence-electron chi connectivity index (χ2n) is 6.25. The number of para-hydroxylation sites is 2. The van der Waals surface area contributed by atoms with Gasteiger partial charge in [-0.1, -0.05) is 36.9 Å². The Bertz CT molecular complexity index is 772. The fraction of sp³-hybridized carbons (Fsp3) is 0.286. The first kappa shape index (κ1) is 17.9. The van der Waals surface area contributed by atoms with Crippen LogP contribution in [0.1, 0.15) is 12.5 Å². The van der Waals surface area contributed by atoms with Crippen LogP contribution in [0.25, 0.3) is 0 Å². The van der Waals surface area contributed by atoms with Crippen LogP contribution in [-0.4, -0.2) is 36.7 Å². The van der Waals surface area contributed by atoms with Crippen molar-refractivity contribution >= 4 is 5.91 Å². The van der Waals surface area contributed by atoms with Gasteiger partial charge in [0.2, 0.25) is 6.10 Å². The summed E-state index contributed by atoms with van der Waals surface area (Å²) in [5.74, 6) is 1.93. The van der Waals surface area contributed by atoms with E-state index in [9.17, 15) is 4.79 Å². The molecule has 0 saturated carbocycles. The SMILES string of the molecule is C=CCOc1ccc(CN(C)C(=O)[C@H]2Oc3ccccc3O[C@H]2C)cc1. The summed E-state index contributed by atoms with van der Waals surface area (Å²) in [6, 6.07) is 15.0. The fourth-order valence-electron chi connectivity index (χ4n) is 2.81. The summed E-state index contributed by atoms with van der Waals surface area (Å²) in [5, 5.41) is 0. The monoisotopic (exact) mass is 353 g/mol. The molecule has 5 heteroatoms. The second kappa shape index (κ2) is 7.95. The molecule has 5 nitrogen and oxygen atoms in total. The Kier molecular flexibility index (Phi) is 5.46. The van der Waals surface area contributed by atoms with Crippen LogP contribution in [0.5, 0.6) is 17.2 Å². The minimum atomic E-state index is -0.662. The van der Waals surface area contributed by atoms with Crippen LogP contribution in [0.2, 0.25) is 0 Å². The maximum atomic E-state index is 12.8. The minimum absolute atomic E-state index is 0.112. The van der Waals surface area contributed by atoms with Gasteiger partial charge in [0, 0.05) is 13.6 Å². The Morgan fingerprint density at radius 1 is 1.15 bits per heavy atom. The molecular weight excluding hydrogens is 330 g/mol. The average Bonchev–Trinajstić information content (AvgIpc) is 2.66. The van der Waals surface area contributed by atoms with E-state index in [1.165, 1.54) is 0 Å². The van der Waals surface area contributed by atoms with Crippen LogP contribution in [0.4, 0.5) is 0 Å². The topological polar surface area (TPSA) is 48.0 Å². The standard InChI is InChI=1S/C21H23NO4/c1-4-13-24-17-11-9-16(10-12-17)14-22(3)21(23)20-15(2)25-18-7-5-6-8-19(18)26-20/h4-12,15,20H,1,13-14H2,2-3H3/t15-,20-/m0/s1. The van der Waals surface area contributed by atoms with Gasteiger partial charge in [0.1, 0.15) is 18.5 Å². The third-order valence-corrected chi connectivity index (χ3v) is 4.17. The molecule has 0 fully saturated rings. The number of carbonyl (C=O) groups excluding carboxylic acids is 1. The second-order valence-corrected chi connectivity index (χ2v) is 6.25. The van der Waals surface area contributed by atoms with Crippen molar-refractivity contribution in [2.24, 2.45) is 0 Å². The molecule has 0 bridgehead atoms. The number of hydrogen-bond acceptors (Lipinski definition) is 4. The van der Waals surface area contributed by atoms with Crippen LogP contribution in [-0.2, 0) is 11.3 Å². The summed E-state index contributed by atoms with van der Waals surface area (Å²) in [5.41, 5.74) is 1.01. The van der Waals surface area contributed by atoms with Crippen LogP contribution in [0.15, 0.2) is 61.2 Å². The van der Waals surface area contributed by atoms with Crippen molar-refractivity contribution < 1.29 is 19.0 Å². The van der Waals surface area contributed by atoms with Gasteiger partial charge in [-0.2, -0.15) is 0 Å². The molecule has 1 aliphatic heterocycles. The lowest BCUT2D eigenvalue weighted by Crippen LogP contribution is -2.49. The van der Waals surface area contributed by atoms with E-state index in [1.807, 2.05) is 55.5 Å². The zero-order valence-electron chi connectivity index (χ0n) is 15.1. The maximum absolute atomic E-state index is 12.8. The molecule has 0 N–H and O–H groups in total. The van der Waals surface area contributed by atoms with E-state index in [2.05, 4.69) is 6.58 Å². The summed E-state index contributed by atoms with van der Waals surface area (Å²) in [4.78, 5) is 14.5. The van der Waals surface area contributed by atoms with Crippen molar-refractivity contribution in [2.75, 3.05) is 13.7 Å². The highest BCUT2D eigenvalue weighted by atomic mass is 16.6. The van der Waals surface area contributed by atoms with Gasteiger partial charge in [-0.15, -0.1) is 0 Å². The predicted molar refractivity (Wildman–Crippen MR) is 99.6 cm³/mol. The summed E-state index contributed by atoms with van der Waals surface area (Å²) in [6.45, 7) is 6.42. The first-order valence-corrected chi connectivity index (χ1v) is 8.58. The average molecular weight is 353 g/mol.